The minimum absolute atomic E-state index is 0.0121. The predicted molar refractivity (Wildman–Crippen MR) is 98.5 cm³/mol. The summed E-state index contributed by atoms with van der Waals surface area (Å²) in [5.74, 6) is 0.735. The first kappa shape index (κ1) is 20.3. The Morgan fingerprint density at radius 1 is 1.30 bits per heavy atom. The Morgan fingerprint density at radius 3 is 2.63 bits per heavy atom. The quantitative estimate of drug-likeness (QED) is 0.679. The summed E-state index contributed by atoms with van der Waals surface area (Å²) >= 11 is 0. The van der Waals surface area contributed by atoms with Crippen LogP contribution in [0.3, 0.4) is 0 Å². The zero-order chi connectivity index (χ0) is 19.7. The molecule has 0 aliphatic heterocycles. The predicted octanol–water partition coefficient (Wildman–Crippen LogP) is 2.55. The van der Waals surface area contributed by atoms with Crippen LogP contribution < -0.4 is 0 Å². The minimum Gasteiger partial charge on any atom is -0.481 e. The minimum atomic E-state index is -3.34. The van der Waals surface area contributed by atoms with E-state index in [4.69, 9.17) is 4.52 Å². The normalized spacial score (nSPS) is 26.4. The molecule has 0 aromatic carbocycles. The Balaban J connectivity index is 1.66. The molecule has 1 heterocycles. The first-order valence-corrected chi connectivity index (χ1v) is 11.5. The van der Waals surface area contributed by atoms with E-state index in [1.165, 1.54) is 39.2 Å². The van der Waals surface area contributed by atoms with Gasteiger partial charge in [0, 0.05) is 7.05 Å². The summed E-state index contributed by atoms with van der Waals surface area (Å²) in [7, 11) is -1.90. The number of carboxylic acid groups (broad SMARTS) is 1. The first-order valence-electron chi connectivity index (χ1n) is 9.67. The molecule has 2 saturated carbocycles. The van der Waals surface area contributed by atoms with E-state index in [1.807, 2.05) is 0 Å². The third kappa shape index (κ3) is 4.87. The number of nitrogens with zero attached hydrogens (tertiary/aromatic N) is 3. The highest BCUT2D eigenvalue weighted by Crippen LogP contribution is 2.59. The van der Waals surface area contributed by atoms with Crippen molar-refractivity contribution >= 4 is 16.0 Å². The summed E-state index contributed by atoms with van der Waals surface area (Å²) < 4.78 is 29.6. The molecule has 2 atom stereocenters. The number of aromatic nitrogens is 2. The van der Waals surface area contributed by atoms with Crippen LogP contribution >= 0.6 is 0 Å². The molecule has 27 heavy (non-hydrogen) atoms. The zero-order valence-corrected chi connectivity index (χ0v) is 16.9. The molecule has 0 amide bonds. The van der Waals surface area contributed by atoms with E-state index >= 15 is 0 Å². The molecule has 1 N–H and O–H groups in total. The average Bonchev–Trinajstić information content (AvgIpc) is 3.06. The summed E-state index contributed by atoms with van der Waals surface area (Å²) in [6.07, 6.45) is 10.4. The topological polar surface area (TPSA) is 114 Å². The molecule has 9 heteroatoms. The molecule has 3 rings (SSSR count). The van der Waals surface area contributed by atoms with Gasteiger partial charge in [0.2, 0.25) is 15.9 Å². The molecule has 2 aliphatic carbocycles. The van der Waals surface area contributed by atoms with E-state index in [1.54, 1.807) is 0 Å². The number of aliphatic carboxylic acids is 1. The average molecular weight is 400 g/mol. The lowest BCUT2D eigenvalue weighted by Gasteiger charge is -2.21. The van der Waals surface area contributed by atoms with Crippen LogP contribution in [0.2, 0.25) is 0 Å². The zero-order valence-electron chi connectivity index (χ0n) is 16.1. The van der Waals surface area contributed by atoms with Crippen LogP contribution in [0, 0.1) is 11.8 Å². The van der Waals surface area contributed by atoms with Crippen molar-refractivity contribution in [3.63, 3.8) is 0 Å². The van der Waals surface area contributed by atoms with Gasteiger partial charge in [-0.1, -0.05) is 43.7 Å². The molecule has 152 valence electrons. The SMILES string of the molecule is CN(Cc1noc([C@@]2(CC(=O)O)CC2CCC2CCCCC2)n1)S(C)(=O)=O. The van der Waals surface area contributed by atoms with Crippen LogP contribution in [0.15, 0.2) is 4.52 Å². The lowest BCUT2D eigenvalue weighted by Crippen LogP contribution is -2.25. The molecule has 1 aromatic rings. The molecular formula is C18H29N3O5S. The third-order valence-electron chi connectivity index (χ3n) is 6.17. The number of sulfonamides is 1. The number of hydrogen-bond donors (Lipinski definition) is 1. The molecule has 1 aromatic heterocycles. The summed E-state index contributed by atoms with van der Waals surface area (Å²) in [5, 5.41) is 13.2. The molecule has 2 fully saturated rings. The highest BCUT2D eigenvalue weighted by Gasteiger charge is 2.60. The molecule has 0 saturated heterocycles. The molecule has 0 bridgehead atoms. The Morgan fingerprint density at radius 2 is 2.00 bits per heavy atom. The molecule has 8 nitrogen and oxygen atoms in total. The second kappa shape index (κ2) is 7.87. The molecule has 2 aliphatic rings. The van der Waals surface area contributed by atoms with Crippen LogP contribution in [0.25, 0.3) is 0 Å². The number of carboxylic acids is 1. The van der Waals surface area contributed by atoms with Crippen molar-refractivity contribution in [2.45, 2.75) is 69.7 Å². The highest BCUT2D eigenvalue weighted by molar-refractivity contribution is 7.88. The Bertz CT molecular complexity index is 772. The summed E-state index contributed by atoms with van der Waals surface area (Å²) in [6.45, 7) is 0.0121. The second-order valence-electron chi connectivity index (χ2n) is 8.24. The summed E-state index contributed by atoms with van der Waals surface area (Å²) in [5.41, 5.74) is -0.588. The number of carbonyl (C=O) groups is 1. The van der Waals surface area contributed by atoms with Gasteiger partial charge in [-0.25, -0.2) is 8.42 Å². The van der Waals surface area contributed by atoms with Crippen molar-refractivity contribution in [2.24, 2.45) is 11.8 Å². The standard InChI is InChI=1S/C18H29N3O5S/c1-21(27(2,24)25)12-15-19-17(26-20-15)18(11-16(22)23)10-14(18)9-8-13-6-4-3-5-7-13/h13-14H,3-12H2,1-2H3,(H,22,23)/t14?,18-/m1/s1. The van der Waals surface area contributed by atoms with Crippen molar-refractivity contribution in [1.29, 1.82) is 0 Å². The smallest absolute Gasteiger partial charge is 0.304 e. The van der Waals surface area contributed by atoms with E-state index < -0.39 is 21.4 Å². The second-order valence-corrected chi connectivity index (χ2v) is 10.3. The van der Waals surface area contributed by atoms with Gasteiger partial charge in [0.25, 0.3) is 0 Å². The monoisotopic (exact) mass is 399 g/mol. The van der Waals surface area contributed by atoms with Gasteiger partial charge >= 0.3 is 5.97 Å². The molecule has 0 spiro atoms. The van der Waals surface area contributed by atoms with Crippen LogP contribution in [0.4, 0.5) is 0 Å². The first-order chi connectivity index (χ1) is 12.7. The summed E-state index contributed by atoms with van der Waals surface area (Å²) in [4.78, 5) is 15.8. The van der Waals surface area contributed by atoms with Crippen molar-refractivity contribution in [2.75, 3.05) is 13.3 Å². The van der Waals surface area contributed by atoms with Gasteiger partial charge in [-0.2, -0.15) is 9.29 Å². The third-order valence-corrected chi connectivity index (χ3v) is 7.43. The van der Waals surface area contributed by atoms with E-state index in [0.29, 0.717) is 5.89 Å². The maximum Gasteiger partial charge on any atom is 0.304 e. The van der Waals surface area contributed by atoms with Crippen LogP contribution in [0.5, 0.6) is 0 Å². The fourth-order valence-corrected chi connectivity index (χ4v) is 4.68. The van der Waals surface area contributed by atoms with Crippen molar-refractivity contribution in [3.8, 4) is 0 Å². The summed E-state index contributed by atoms with van der Waals surface area (Å²) in [6, 6.07) is 0. The van der Waals surface area contributed by atoms with Crippen LogP contribution in [0.1, 0.15) is 69.5 Å². The lowest BCUT2D eigenvalue weighted by molar-refractivity contribution is -0.138. The Labute approximate surface area is 160 Å². The fourth-order valence-electron chi connectivity index (χ4n) is 4.33. The Kier molecular flexibility index (Phi) is 5.90. The van der Waals surface area contributed by atoms with Gasteiger partial charge in [0.15, 0.2) is 5.82 Å². The molecule has 0 radical (unpaired) electrons. The van der Waals surface area contributed by atoms with Gasteiger partial charge in [-0.15, -0.1) is 0 Å². The largest absolute Gasteiger partial charge is 0.481 e. The van der Waals surface area contributed by atoms with Gasteiger partial charge in [-0.05, 0) is 24.7 Å². The van der Waals surface area contributed by atoms with E-state index in [2.05, 4.69) is 10.1 Å². The maximum absolute atomic E-state index is 11.5. The highest BCUT2D eigenvalue weighted by atomic mass is 32.2. The van der Waals surface area contributed by atoms with E-state index in [-0.39, 0.29) is 24.7 Å². The van der Waals surface area contributed by atoms with Crippen LogP contribution in [-0.4, -0.2) is 47.2 Å². The van der Waals surface area contributed by atoms with E-state index in [0.717, 1.165) is 35.7 Å². The van der Waals surface area contributed by atoms with Crippen molar-refractivity contribution < 1.29 is 22.8 Å². The number of rotatable bonds is 9. The molecule has 1 unspecified atom stereocenters. The van der Waals surface area contributed by atoms with Crippen molar-refractivity contribution in [3.05, 3.63) is 11.7 Å². The fraction of sp³-hybridized carbons (Fsp3) is 0.833. The maximum atomic E-state index is 11.5. The van der Waals surface area contributed by atoms with Gasteiger partial charge in [-0.3, -0.25) is 4.79 Å². The number of hydrogen-bond acceptors (Lipinski definition) is 6. The Hall–Kier alpha value is -1.48. The van der Waals surface area contributed by atoms with E-state index in [9.17, 15) is 18.3 Å². The van der Waals surface area contributed by atoms with Crippen LogP contribution in [-0.2, 0) is 26.8 Å². The lowest BCUT2D eigenvalue weighted by atomic mass is 9.84. The van der Waals surface area contributed by atoms with Gasteiger partial charge < -0.3 is 9.63 Å². The molecular weight excluding hydrogens is 370 g/mol. The van der Waals surface area contributed by atoms with Gasteiger partial charge in [0.05, 0.1) is 24.6 Å². The van der Waals surface area contributed by atoms with Gasteiger partial charge in [0.1, 0.15) is 0 Å². The van der Waals surface area contributed by atoms with Crippen molar-refractivity contribution in [1.82, 2.24) is 14.4 Å².